The molecule has 0 saturated heterocycles. The number of carbonyl (C=O) groups is 1. The van der Waals surface area contributed by atoms with Crippen LogP contribution in [0.15, 0.2) is 42.6 Å². The molecule has 0 radical (unpaired) electrons. The number of anilines is 1. The van der Waals surface area contributed by atoms with Crippen molar-refractivity contribution in [2.45, 2.75) is 19.1 Å². The molecule has 0 aliphatic rings. The fraction of sp³-hybridized carbons (Fsp3) is 0.250. The topological polar surface area (TPSA) is 77.2 Å². The molecule has 1 aromatic carbocycles. The SMILES string of the molecule is Cl.Cl.Nc1ccc(CC(=O)NCc2ccnc(OCC(F)(F)F)c2)cc1. The standard InChI is InChI=1S/C16H16F3N3O2.2ClH/c17-16(18,19)10-24-15-8-12(5-6-21-15)9-22-14(23)7-11-1-3-13(20)4-2-11;;/h1-6,8H,7,9-10,20H2,(H,22,23);2*1H. The van der Waals surface area contributed by atoms with Gasteiger partial charge in [0.2, 0.25) is 11.8 Å². The van der Waals surface area contributed by atoms with Gasteiger partial charge in [0, 0.05) is 24.5 Å². The molecule has 1 amide bonds. The number of hydrogen-bond donors (Lipinski definition) is 2. The third-order valence-corrected chi connectivity index (χ3v) is 3.02. The summed E-state index contributed by atoms with van der Waals surface area (Å²) in [5.41, 5.74) is 7.58. The van der Waals surface area contributed by atoms with E-state index in [2.05, 4.69) is 15.0 Å². The highest BCUT2D eigenvalue weighted by atomic mass is 35.5. The van der Waals surface area contributed by atoms with Crippen LogP contribution in [0.4, 0.5) is 18.9 Å². The summed E-state index contributed by atoms with van der Waals surface area (Å²) in [5.74, 6) is -0.355. The number of carbonyl (C=O) groups excluding carboxylic acids is 1. The van der Waals surface area contributed by atoms with Crippen LogP contribution >= 0.6 is 24.8 Å². The number of nitrogens with two attached hydrogens (primary N) is 1. The van der Waals surface area contributed by atoms with Gasteiger partial charge in [-0.25, -0.2) is 4.98 Å². The van der Waals surface area contributed by atoms with Crippen molar-refractivity contribution in [3.8, 4) is 5.88 Å². The molecule has 3 N–H and O–H groups in total. The quantitative estimate of drug-likeness (QED) is 0.714. The molecule has 2 aromatic rings. The number of ether oxygens (including phenoxy) is 1. The van der Waals surface area contributed by atoms with Crippen LogP contribution in [0.3, 0.4) is 0 Å². The molecule has 0 unspecified atom stereocenters. The average Bonchev–Trinajstić information content (AvgIpc) is 2.53. The van der Waals surface area contributed by atoms with Crippen molar-refractivity contribution in [2.24, 2.45) is 0 Å². The smallest absolute Gasteiger partial charge is 0.422 e. The summed E-state index contributed by atoms with van der Waals surface area (Å²) >= 11 is 0. The molecule has 5 nitrogen and oxygen atoms in total. The van der Waals surface area contributed by atoms with Gasteiger partial charge in [-0.15, -0.1) is 24.8 Å². The number of nitrogens with one attached hydrogen (secondary N) is 1. The van der Waals surface area contributed by atoms with Gasteiger partial charge in [-0.2, -0.15) is 13.2 Å². The van der Waals surface area contributed by atoms with Crippen LogP contribution in [0.2, 0.25) is 0 Å². The van der Waals surface area contributed by atoms with Gasteiger partial charge < -0.3 is 15.8 Å². The van der Waals surface area contributed by atoms with Gasteiger partial charge in [0.05, 0.1) is 6.42 Å². The second-order valence-corrected chi connectivity index (χ2v) is 5.10. The molecule has 1 heterocycles. The van der Waals surface area contributed by atoms with Gasteiger partial charge in [0.25, 0.3) is 0 Å². The Morgan fingerprint density at radius 2 is 1.77 bits per heavy atom. The minimum Gasteiger partial charge on any atom is -0.468 e. The number of nitrogens with zero attached hydrogens (tertiary/aromatic N) is 1. The maximum atomic E-state index is 12.1. The minimum absolute atomic E-state index is 0. The molecule has 1 aromatic heterocycles. The van der Waals surface area contributed by atoms with E-state index in [1.54, 1.807) is 30.3 Å². The summed E-state index contributed by atoms with van der Waals surface area (Å²) in [6.45, 7) is -1.24. The van der Waals surface area contributed by atoms with Gasteiger partial charge in [0.1, 0.15) is 0 Å². The van der Waals surface area contributed by atoms with E-state index in [4.69, 9.17) is 5.73 Å². The van der Waals surface area contributed by atoms with Crippen LogP contribution in [0.25, 0.3) is 0 Å². The van der Waals surface area contributed by atoms with Gasteiger partial charge in [-0.05, 0) is 29.3 Å². The molecule has 0 bridgehead atoms. The van der Waals surface area contributed by atoms with Crippen LogP contribution in [0.1, 0.15) is 11.1 Å². The Labute approximate surface area is 161 Å². The Hall–Kier alpha value is -2.19. The fourth-order valence-corrected chi connectivity index (χ4v) is 1.88. The largest absolute Gasteiger partial charge is 0.468 e. The zero-order chi connectivity index (χ0) is 17.6. The molecule has 10 heteroatoms. The second-order valence-electron chi connectivity index (χ2n) is 5.10. The highest BCUT2D eigenvalue weighted by molar-refractivity contribution is 5.85. The first-order valence-electron chi connectivity index (χ1n) is 7.07. The lowest BCUT2D eigenvalue weighted by atomic mass is 10.1. The Morgan fingerprint density at radius 1 is 1.12 bits per heavy atom. The predicted molar refractivity (Wildman–Crippen MR) is 96.7 cm³/mol. The minimum atomic E-state index is -4.43. The first-order chi connectivity index (χ1) is 11.3. The monoisotopic (exact) mass is 411 g/mol. The molecule has 0 saturated carbocycles. The zero-order valence-electron chi connectivity index (χ0n) is 13.5. The van der Waals surface area contributed by atoms with Gasteiger partial charge >= 0.3 is 6.18 Å². The van der Waals surface area contributed by atoms with Crippen molar-refractivity contribution in [3.05, 3.63) is 53.7 Å². The lowest BCUT2D eigenvalue weighted by molar-refractivity contribution is -0.154. The van der Waals surface area contributed by atoms with E-state index < -0.39 is 12.8 Å². The van der Waals surface area contributed by atoms with E-state index in [1.165, 1.54) is 12.3 Å². The molecule has 0 aliphatic heterocycles. The van der Waals surface area contributed by atoms with E-state index >= 15 is 0 Å². The summed E-state index contributed by atoms with van der Waals surface area (Å²) in [7, 11) is 0. The molecular weight excluding hydrogens is 394 g/mol. The second kappa shape index (κ2) is 10.7. The molecule has 2 rings (SSSR count). The number of rotatable bonds is 6. The zero-order valence-corrected chi connectivity index (χ0v) is 15.1. The average molecular weight is 412 g/mol. The maximum absolute atomic E-state index is 12.1. The van der Waals surface area contributed by atoms with Crippen molar-refractivity contribution in [1.29, 1.82) is 0 Å². The van der Waals surface area contributed by atoms with Crippen molar-refractivity contribution < 1.29 is 22.7 Å². The third kappa shape index (κ3) is 8.77. The summed E-state index contributed by atoms with van der Waals surface area (Å²) in [5, 5.41) is 2.69. The number of nitrogen functional groups attached to an aromatic ring is 1. The Morgan fingerprint density at radius 3 is 2.38 bits per heavy atom. The van der Waals surface area contributed by atoms with Crippen molar-refractivity contribution in [2.75, 3.05) is 12.3 Å². The molecule has 0 spiro atoms. The normalized spacial score (nSPS) is 10.3. The van der Waals surface area contributed by atoms with E-state index in [1.807, 2.05) is 0 Å². The maximum Gasteiger partial charge on any atom is 0.422 e. The molecule has 0 aliphatic carbocycles. The summed E-state index contributed by atoms with van der Waals surface area (Å²) in [4.78, 5) is 15.6. The van der Waals surface area contributed by atoms with Gasteiger partial charge in [-0.3, -0.25) is 4.79 Å². The van der Waals surface area contributed by atoms with E-state index in [0.29, 0.717) is 11.3 Å². The number of pyridine rings is 1. The van der Waals surface area contributed by atoms with E-state index in [9.17, 15) is 18.0 Å². The molecule has 26 heavy (non-hydrogen) atoms. The highest BCUT2D eigenvalue weighted by Crippen LogP contribution is 2.17. The predicted octanol–water partition coefficient (Wildman–Crippen LogP) is 3.31. The van der Waals surface area contributed by atoms with Crippen molar-refractivity contribution in [1.82, 2.24) is 10.3 Å². The number of hydrogen-bond acceptors (Lipinski definition) is 4. The van der Waals surface area contributed by atoms with Crippen molar-refractivity contribution >= 4 is 36.4 Å². The molecular formula is C16H18Cl2F3N3O2. The third-order valence-electron chi connectivity index (χ3n) is 3.02. The fourth-order valence-electron chi connectivity index (χ4n) is 1.88. The number of halogens is 5. The van der Waals surface area contributed by atoms with Crippen LogP contribution < -0.4 is 15.8 Å². The lowest BCUT2D eigenvalue weighted by Gasteiger charge is -2.10. The molecule has 144 valence electrons. The van der Waals surface area contributed by atoms with E-state index in [0.717, 1.165) is 5.56 Å². The van der Waals surface area contributed by atoms with Crippen LogP contribution in [0, 0.1) is 0 Å². The summed E-state index contributed by atoms with van der Waals surface area (Å²) < 4.78 is 40.9. The number of benzene rings is 1. The number of aromatic nitrogens is 1. The van der Waals surface area contributed by atoms with Crippen LogP contribution in [0.5, 0.6) is 5.88 Å². The Bertz CT molecular complexity index is 698. The molecule has 0 fully saturated rings. The van der Waals surface area contributed by atoms with Crippen LogP contribution in [-0.4, -0.2) is 23.7 Å². The number of amides is 1. The van der Waals surface area contributed by atoms with Crippen LogP contribution in [-0.2, 0) is 17.8 Å². The van der Waals surface area contributed by atoms with Gasteiger partial charge in [-0.1, -0.05) is 12.1 Å². The molecule has 0 atom stereocenters. The Balaban J connectivity index is 0.00000312. The number of alkyl halides is 3. The Kier molecular flexibility index (Phi) is 9.82. The summed E-state index contributed by atoms with van der Waals surface area (Å²) in [6, 6.07) is 9.86. The lowest BCUT2D eigenvalue weighted by Crippen LogP contribution is -2.24. The van der Waals surface area contributed by atoms with E-state index in [-0.39, 0.29) is 49.6 Å². The first-order valence-corrected chi connectivity index (χ1v) is 7.07. The highest BCUT2D eigenvalue weighted by Gasteiger charge is 2.28. The summed E-state index contributed by atoms with van der Waals surface area (Å²) in [6.07, 6.45) is -2.92. The first kappa shape index (κ1) is 23.8. The van der Waals surface area contributed by atoms with Crippen molar-refractivity contribution in [3.63, 3.8) is 0 Å². The van der Waals surface area contributed by atoms with Gasteiger partial charge in [0.15, 0.2) is 6.61 Å².